The van der Waals surface area contributed by atoms with E-state index in [4.69, 9.17) is 4.52 Å². The number of nitrogens with one attached hydrogen (secondary N) is 1. The highest BCUT2D eigenvalue weighted by molar-refractivity contribution is 14.0. The molecule has 9 heteroatoms. The summed E-state index contributed by atoms with van der Waals surface area (Å²) in [6.45, 7) is 10.6. The maximum atomic E-state index is 5.34. The van der Waals surface area contributed by atoms with E-state index >= 15 is 0 Å². The fraction of sp³-hybridized carbons (Fsp3) is 0.588. The normalized spacial score (nSPS) is 15.8. The van der Waals surface area contributed by atoms with Gasteiger partial charge in [0, 0.05) is 38.6 Å². The molecule has 0 unspecified atom stereocenters. The lowest BCUT2D eigenvalue weighted by molar-refractivity contribution is 0.318. The third-order valence-corrected chi connectivity index (χ3v) is 5.05. The molecule has 0 bridgehead atoms. The van der Waals surface area contributed by atoms with Crippen LogP contribution < -0.4 is 10.2 Å². The van der Waals surface area contributed by atoms with Gasteiger partial charge in [0.15, 0.2) is 11.8 Å². The van der Waals surface area contributed by atoms with Crippen molar-refractivity contribution in [1.29, 1.82) is 0 Å². The van der Waals surface area contributed by atoms with Gasteiger partial charge >= 0.3 is 0 Å². The van der Waals surface area contributed by atoms with E-state index in [1.54, 1.807) is 11.3 Å². The SMILES string of the molecule is CN=C(NCc1noc(C(C)(C)C)n1)N1CCN(c2cccs2)CC1.I. The van der Waals surface area contributed by atoms with Crippen molar-refractivity contribution in [3.8, 4) is 0 Å². The van der Waals surface area contributed by atoms with Crippen LogP contribution in [-0.4, -0.2) is 54.2 Å². The molecule has 0 aliphatic carbocycles. The van der Waals surface area contributed by atoms with Crippen LogP contribution in [0.5, 0.6) is 0 Å². The van der Waals surface area contributed by atoms with E-state index in [9.17, 15) is 0 Å². The molecular formula is C17H27IN6OS. The second-order valence-corrected chi connectivity index (χ2v) is 8.02. The van der Waals surface area contributed by atoms with Crippen molar-refractivity contribution in [3.05, 3.63) is 29.2 Å². The number of rotatable bonds is 3. The molecule has 2 aromatic rings. The van der Waals surface area contributed by atoms with Gasteiger partial charge < -0.3 is 19.6 Å². The second kappa shape index (κ2) is 9.03. The molecule has 1 aliphatic heterocycles. The second-order valence-electron chi connectivity index (χ2n) is 7.09. The molecule has 7 nitrogen and oxygen atoms in total. The van der Waals surface area contributed by atoms with E-state index in [1.165, 1.54) is 5.00 Å². The summed E-state index contributed by atoms with van der Waals surface area (Å²) < 4.78 is 5.34. The Morgan fingerprint density at radius 3 is 2.58 bits per heavy atom. The van der Waals surface area contributed by atoms with E-state index in [0.717, 1.165) is 32.1 Å². The van der Waals surface area contributed by atoms with Crippen LogP contribution in [0.3, 0.4) is 0 Å². The monoisotopic (exact) mass is 490 g/mol. The zero-order valence-electron chi connectivity index (χ0n) is 15.7. The van der Waals surface area contributed by atoms with E-state index in [0.29, 0.717) is 18.3 Å². The van der Waals surface area contributed by atoms with Crippen molar-refractivity contribution < 1.29 is 4.52 Å². The first-order valence-electron chi connectivity index (χ1n) is 8.54. The first-order valence-corrected chi connectivity index (χ1v) is 9.42. The number of aliphatic imine (C=N–C) groups is 1. The van der Waals surface area contributed by atoms with Gasteiger partial charge in [0.05, 0.1) is 11.5 Å². The summed E-state index contributed by atoms with van der Waals surface area (Å²) >= 11 is 1.79. The van der Waals surface area contributed by atoms with Gasteiger partial charge in [-0.2, -0.15) is 4.98 Å². The minimum atomic E-state index is -0.134. The molecule has 1 fully saturated rings. The van der Waals surface area contributed by atoms with Crippen LogP contribution in [0.25, 0.3) is 0 Å². The number of thiophene rings is 1. The van der Waals surface area contributed by atoms with Gasteiger partial charge in [0.25, 0.3) is 0 Å². The zero-order chi connectivity index (χ0) is 17.9. The van der Waals surface area contributed by atoms with Gasteiger partial charge in [-0.1, -0.05) is 25.9 Å². The Bertz CT molecular complexity index is 701. The van der Waals surface area contributed by atoms with E-state index in [2.05, 4.69) is 68.5 Å². The molecular weight excluding hydrogens is 463 g/mol. The summed E-state index contributed by atoms with van der Waals surface area (Å²) in [4.78, 5) is 13.6. The van der Waals surface area contributed by atoms with E-state index < -0.39 is 0 Å². The summed E-state index contributed by atoms with van der Waals surface area (Å²) in [5, 5.41) is 10.9. The highest BCUT2D eigenvalue weighted by atomic mass is 127. The van der Waals surface area contributed by atoms with Crippen molar-refractivity contribution in [2.24, 2.45) is 4.99 Å². The summed E-state index contributed by atoms with van der Waals surface area (Å²) in [6, 6.07) is 4.28. The Balaban J connectivity index is 0.00000243. The maximum absolute atomic E-state index is 5.34. The molecule has 2 aromatic heterocycles. The molecule has 0 aromatic carbocycles. The Morgan fingerprint density at radius 2 is 2.04 bits per heavy atom. The van der Waals surface area contributed by atoms with Crippen LogP contribution in [0.15, 0.2) is 27.0 Å². The lowest BCUT2D eigenvalue weighted by Crippen LogP contribution is -2.52. The smallest absolute Gasteiger partial charge is 0.232 e. The van der Waals surface area contributed by atoms with E-state index in [1.807, 2.05) is 7.05 Å². The van der Waals surface area contributed by atoms with Crippen LogP contribution >= 0.6 is 35.3 Å². The molecule has 0 atom stereocenters. The standard InChI is InChI=1S/C17H26N6OS.HI/c1-17(2,3)15-20-13(21-24-15)12-19-16(18-4)23-9-7-22(8-10-23)14-6-5-11-25-14;/h5-6,11H,7-10,12H2,1-4H3,(H,18,19);1H. The van der Waals surface area contributed by atoms with Crippen LogP contribution in [0.2, 0.25) is 0 Å². The van der Waals surface area contributed by atoms with E-state index in [-0.39, 0.29) is 29.4 Å². The van der Waals surface area contributed by atoms with Gasteiger partial charge in [-0.15, -0.1) is 35.3 Å². The van der Waals surface area contributed by atoms with Crippen LogP contribution in [0.1, 0.15) is 32.5 Å². The maximum Gasteiger partial charge on any atom is 0.232 e. The molecule has 26 heavy (non-hydrogen) atoms. The quantitative estimate of drug-likeness (QED) is 0.406. The first-order chi connectivity index (χ1) is 12.0. The lowest BCUT2D eigenvalue weighted by Gasteiger charge is -2.36. The molecule has 1 saturated heterocycles. The van der Waals surface area contributed by atoms with Gasteiger partial charge in [-0.25, -0.2) is 0 Å². The summed E-state index contributed by atoms with van der Waals surface area (Å²) in [5.41, 5.74) is -0.134. The zero-order valence-corrected chi connectivity index (χ0v) is 18.9. The summed E-state index contributed by atoms with van der Waals surface area (Å²) in [7, 11) is 1.81. The predicted octanol–water partition coefficient (Wildman–Crippen LogP) is 2.94. The number of aromatic nitrogens is 2. The van der Waals surface area contributed by atoms with Crippen molar-refractivity contribution in [2.45, 2.75) is 32.7 Å². The average molecular weight is 490 g/mol. The van der Waals surface area contributed by atoms with Crippen molar-refractivity contribution >= 4 is 46.3 Å². The number of guanidine groups is 1. The van der Waals surface area contributed by atoms with Crippen LogP contribution in [-0.2, 0) is 12.0 Å². The lowest BCUT2D eigenvalue weighted by atomic mass is 9.97. The Kier molecular flexibility index (Phi) is 7.27. The molecule has 0 spiro atoms. The fourth-order valence-corrected chi connectivity index (χ4v) is 3.49. The molecule has 3 heterocycles. The number of halogens is 1. The number of hydrogen-bond acceptors (Lipinski definition) is 6. The molecule has 0 radical (unpaired) electrons. The molecule has 0 saturated carbocycles. The van der Waals surface area contributed by atoms with Gasteiger partial charge in [0.2, 0.25) is 5.89 Å². The number of nitrogens with zero attached hydrogens (tertiary/aromatic N) is 5. The third-order valence-electron chi connectivity index (χ3n) is 4.12. The largest absolute Gasteiger partial charge is 0.360 e. The van der Waals surface area contributed by atoms with Crippen molar-refractivity contribution in [1.82, 2.24) is 20.4 Å². The summed E-state index contributed by atoms with van der Waals surface area (Å²) in [5.74, 6) is 2.19. The summed E-state index contributed by atoms with van der Waals surface area (Å²) in [6.07, 6.45) is 0. The third kappa shape index (κ3) is 5.09. The molecule has 0 amide bonds. The fourth-order valence-electron chi connectivity index (χ4n) is 2.71. The minimum absolute atomic E-state index is 0. The molecule has 1 aliphatic rings. The molecule has 144 valence electrons. The van der Waals surface area contributed by atoms with Gasteiger partial charge in [0.1, 0.15) is 0 Å². The Labute approximate surface area is 175 Å². The number of hydrogen-bond donors (Lipinski definition) is 1. The Hall–Kier alpha value is -1.36. The number of piperazine rings is 1. The van der Waals surface area contributed by atoms with Crippen LogP contribution in [0, 0.1) is 0 Å². The van der Waals surface area contributed by atoms with Crippen molar-refractivity contribution in [2.75, 3.05) is 38.1 Å². The van der Waals surface area contributed by atoms with Crippen molar-refractivity contribution in [3.63, 3.8) is 0 Å². The van der Waals surface area contributed by atoms with Crippen LogP contribution in [0.4, 0.5) is 5.00 Å². The van der Waals surface area contributed by atoms with Gasteiger partial charge in [-0.3, -0.25) is 4.99 Å². The average Bonchev–Trinajstić information content (AvgIpc) is 3.27. The molecule has 3 rings (SSSR count). The Morgan fingerprint density at radius 1 is 1.31 bits per heavy atom. The molecule has 1 N–H and O–H groups in total. The predicted molar refractivity (Wildman–Crippen MR) is 117 cm³/mol. The minimum Gasteiger partial charge on any atom is -0.360 e. The highest BCUT2D eigenvalue weighted by Crippen LogP contribution is 2.22. The first kappa shape index (κ1) is 20.9. The highest BCUT2D eigenvalue weighted by Gasteiger charge is 2.23. The topological polar surface area (TPSA) is 69.8 Å². The number of anilines is 1. The van der Waals surface area contributed by atoms with Gasteiger partial charge in [-0.05, 0) is 17.5 Å².